The summed E-state index contributed by atoms with van der Waals surface area (Å²) in [4.78, 5) is -0.369. The lowest BCUT2D eigenvalue weighted by Crippen LogP contribution is -2.43. The Morgan fingerprint density at radius 1 is 1.16 bits per heavy atom. The third-order valence-corrected chi connectivity index (χ3v) is 4.37. The van der Waals surface area contributed by atoms with Gasteiger partial charge < -0.3 is 0 Å². The molecule has 0 aromatic heterocycles. The number of alkyl halides is 3. The Hall–Kier alpha value is -1.15. The van der Waals surface area contributed by atoms with Gasteiger partial charge in [0.2, 0.25) is 10.0 Å². The van der Waals surface area contributed by atoms with Gasteiger partial charge in [0.25, 0.3) is 0 Å². The van der Waals surface area contributed by atoms with Crippen LogP contribution in [0.3, 0.4) is 0 Å². The highest BCUT2D eigenvalue weighted by Gasteiger charge is 2.38. The van der Waals surface area contributed by atoms with Crippen LogP contribution in [-0.4, -0.2) is 31.5 Å². The minimum atomic E-state index is -4.64. The predicted octanol–water partition coefficient (Wildman–Crippen LogP) is 2.79. The number of halogens is 4. The lowest BCUT2D eigenvalue weighted by atomic mass is 10.3. The maximum atomic E-state index is 12.7. The molecule has 19 heavy (non-hydrogen) atoms. The van der Waals surface area contributed by atoms with Crippen molar-refractivity contribution in [3.8, 4) is 0 Å². The number of rotatable bonds is 4. The van der Waals surface area contributed by atoms with Crippen LogP contribution < -0.4 is 0 Å². The van der Waals surface area contributed by atoms with E-state index < -0.39 is 34.6 Å². The first kappa shape index (κ1) is 15.9. The van der Waals surface area contributed by atoms with E-state index in [1.54, 1.807) is 0 Å². The fraction of sp³-hybridized carbons (Fsp3) is 0.455. The molecule has 0 amide bonds. The molecule has 1 aromatic carbocycles. The van der Waals surface area contributed by atoms with Crippen LogP contribution in [0.25, 0.3) is 0 Å². The van der Waals surface area contributed by atoms with Crippen LogP contribution in [0.4, 0.5) is 17.6 Å². The number of nitrogens with zero attached hydrogens (tertiary/aromatic N) is 1. The van der Waals surface area contributed by atoms with Gasteiger partial charge >= 0.3 is 6.18 Å². The van der Waals surface area contributed by atoms with E-state index >= 15 is 0 Å². The van der Waals surface area contributed by atoms with Gasteiger partial charge in [0.1, 0.15) is 12.4 Å². The van der Waals surface area contributed by atoms with Crippen LogP contribution in [-0.2, 0) is 10.0 Å². The van der Waals surface area contributed by atoms with Crippen LogP contribution in [0.2, 0.25) is 0 Å². The van der Waals surface area contributed by atoms with E-state index in [2.05, 4.69) is 0 Å². The van der Waals surface area contributed by atoms with Gasteiger partial charge in [-0.25, -0.2) is 12.8 Å². The van der Waals surface area contributed by atoms with Crippen molar-refractivity contribution in [2.24, 2.45) is 0 Å². The third-order valence-electron chi connectivity index (χ3n) is 2.33. The Balaban J connectivity index is 3.17. The average molecular weight is 299 g/mol. The zero-order valence-electron chi connectivity index (χ0n) is 10.3. The number of benzene rings is 1. The SMILES string of the molecule is CC(C)N(CC(F)(F)F)S(=O)(=O)c1ccc(F)cc1. The molecule has 8 heteroatoms. The highest BCUT2D eigenvalue weighted by Crippen LogP contribution is 2.24. The molecule has 108 valence electrons. The molecule has 1 rings (SSSR count). The highest BCUT2D eigenvalue weighted by atomic mass is 32.2. The predicted molar refractivity (Wildman–Crippen MR) is 61.5 cm³/mol. The van der Waals surface area contributed by atoms with E-state index in [1.165, 1.54) is 13.8 Å². The Bertz CT molecular complexity index is 523. The summed E-state index contributed by atoms with van der Waals surface area (Å²) in [6, 6.07) is 2.79. The van der Waals surface area contributed by atoms with Crippen molar-refractivity contribution in [2.75, 3.05) is 6.54 Å². The van der Waals surface area contributed by atoms with Crippen molar-refractivity contribution in [3.05, 3.63) is 30.1 Å². The number of hydrogen-bond acceptors (Lipinski definition) is 2. The molecular weight excluding hydrogens is 286 g/mol. The van der Waals surface area contributed by atoms with Crippen molar-refractivity contribution in [1.29, 1.82) is 0 Å². The van der Waals surface area contributed by atoms with Gasteiger partial charge in [-0.15, -0.1) is 0 Å². The first-order chi connectivity index (χ1) is 8.54. The van der Waals surface area contributed by atoms with E-state index in [1.807, 2.05) is 0 Å². The summed E-state index contributed by atoms with van der Waals surface area (Å²) in [7, 11) is -4.30. The Morgan fingerprint density at radius 2 is 1.63 bits per heavy atom. The standard InChI is InChI=1S/C11H13F4NO2S/c1-8(2)16(7-11(13,14)15)19(17,18)10-5-3-9(12)4-6-10/h3-6,8H,7H2,1-2H3. The first-order valence-electron chi connectivity index (χ1n) is 5.38. The van der Waals surface area contributed by atoms with Crippen LogP contribution in [0, 0.1) is 5.82 Å². The van der Waals surface area contributed by atoms with Crippen molar-refractivity contribution in [1.82, 2.24) is 4.31 Å². The summed E-state index contributed by atoms with van der Waals surface area (Å²) in [5, 5.41) is 0. The fourth-order valence-corrected chi connectivity index (χ4v) is 3.09. The molecule has 0 saturated carbocycles. The molecule has 0 spiro atoms. The molecule has 0 bridgehead atoms. The summed E-state index contributed by atoms with van der Waals surface area (Å²) in [5.74, 6) is -0.661. The second kappa shape index (κ2) is 5.46. The van der Waals surface area contributed by atoms with Crippen molar-refractivity contribution in [3.63, 3.8) is 0 Å². The van der Waals surface area contributed by atoms with Crippen molar-refractivity contribution in [2.45, 2.75) is 31.0 Å². The topological polar surface area (TPSA) is 37.4 Å². The molecule has 0 aliphatic rings. The first-order valence-corrected chi connectivity index (χ1v) is 6.82. The molecular formula is C11H13F4NO2S. The zero-order chi connectivity index (χ0) is 14.8. The lowest BCUT2D eigenvalue weighted by molar-refractivity contribution is -0.138. The smallest absolute Gasteiger partial charge is 0.207 e. The van der Waals surface area contributed by atoms with Gasteiger partial charge in [0.15, 0.2) is 0 Å². The minimum Gasteiger partial charge on any atom is -0.207 e. The monoisotopic (exact) mass is 299 g/mol. The summed E-state index contributed by atoms with van der Waals surface area (Å²) in [5.41, 5.74) is 0. The summed E-state index contributed by atoms with van der Waals surface area (Å²) in [6.45, 7) is 1.10. The number of sulfonamides is 1. The van der Waals surface area contributed by atoms with Crippen LogP contribution in [0.1, 0.15) is 13.8 Å². The van der Waals surface area contributed by atoms with Crippen LogP contribution in [0.5, 0.6) is 0 Å². The number of hydrogen-bond donors (Lipinski definition) is 0. The van der Waals surface area contributed by atoms with Gasteiger partial charge in [0.05, 0.1) is 4.90 Å². The molecule has 0 radical (unpaired) electrons. The maximum absolute atomic E-state index is 12.7. The molecule has 1 aromatic rings. The molecule has 0 aliphatic carbocycles. The van der Waals surface area contributed by atoms with E-state index in [-0.39, 0.29) is 4.90 Å². The van der Waals surface area contributed by atoms with E-state index in [0.717, 1.165) is 24.3 Å². The van der Waals surface area contributed by atoms with E-state index in [4.69, 9.17) is 0 Å². The molecule has 0 unspecified atom stereocenters. The fourth-order valence-electron chi connectivity index (χ4n) is 1.46. The second-order valence-corrected chi connectivity index (χ2v) is 6.10. The quantitative estimate of drug-likeness (QED) is 0.802. The normalized spacial score (nSPS) is 13.3. The van der Waals surface area contributed by atoms with E-state index in [9.17, 15) is 26.0 Å². The lowest BCUT2D eigenvalue weighted by Gasteiger charge is -2.26. The van der Waals surface area contributed by atoms with Crippen LogP contribution in [0.15, 0.2) is 29.2 Å². The van der Waals surface area contributed by atoms with Gasteiger partial charge in [0, 0.05) is 6.04 Å². The van der Waals surface area contributed by atoms with Crippen LogP contribution >= 0.6 is 0 Å². The molecule has 0 saturated heterocycles. The molecule has 0 N–H and O–H groups in total. The maximum Gasteiger partial charge on any atom is 0.402 e. The Morgan fingerprint density at radius 3 is 2.00 bits per heavy atom. The third kappa shape index (κ3) is 4.17. The largest absolute Gasteiger partial charge is 0.402 e. The Labute approximate surface area is 108 Å². The van der Waals surface area contributed by atoms with E-state index in [0.29, 0.717) is 4.31 Å². The second-order valence-electron chi connectivity index (χ2n) is 4.21. The van der Waals surface area contributed by atoms with Gasteiger partial charge in [-0.2, -0.15) is 17.5 Å². The van der Waals surface area contributed by atoms with Gasteiger partial charge in [-0.3, -0.25) is 0 Å². The minimum absolute atomic E-state index is 0.334. The molecule has 0 atom stereocenters. The van der Waals surface area contributed by atoms with Gasteiger partial charge in [-0.05, 0) is 38.1 Å². The van der Waals surface area contributed by atoms with Gasteiger partial charge in [-0.1, -0.05) is 0 Å². The molecule has 0 aliphatic heterocycles. The summed E-state index contributed by atoms with van der Waals surface area (Å²) in [6.07, 6.45) is -4.64. The Kier molecular flexibility index (Phi) is 4.57. The molecule has 3 nitrogen and oxygen atoms in total. The molecule has 0 heterocycles. The summed E-state index contributed by atoms with van der Waals surface area (Å²) < 4.78 is 74.4. The summed E-state index contributed by atoms with van der Waals surface area (Å²) >= 11 is 0. The molecule has 0 fully saturated rings. The van der Waals surface area contributed by atoms with Crippen molar-refractivity contribution < 1.29 is 26.0 Å². The highest BCUT2D eigenvalue weighted by molar-refractivity contribution is 7.89. The average Bonchev–Trinajstić information content (AvgIpc) is 2.25. The van der Waals surface area contributed by atoms with Crippen molar-refractivity contribution >= 4 is 10.0 Å². The zero-order valence-corrected chi connectivity index (χ0v) is 11.1.